The first-order chi connectivity index (χ1) is 15.7. The molecule has 0 fully saturated rings. The van der Waals surface area contributed by atoms with Crippen molar-refractivity contribution in [2.24, 2.45) is 0 Å². The first-order valence-corrected chi connectivity index (χ1v) is 10.2. The van der Waals surface area contributed by atoms with Crippen LogP contribution in [0.5, 0.6) is 11.5 Å². The topological polar surface area (TPSA) is 96.8 Å². The van der Waals surface area contributed by atoms with Gasteiger partial charge >= 0.3 is 6.03 Å². The lowest BCUT2D eigenvalue weighted by molar-refractivity contribution is 0.174. The number of nitrogens with one attached hydrogen (secondary N) is 2. The number of aromatic nitrogens is 1. The second-order valence-corrected chi connectivity index (χ2v) is 7.50. The first kappa shape index (κ1) is 19.7. The Kier molecular flexibility index (Phi) is 5.25. The van der Waals surface area contributed by atoms with E-state index in [9.17, 15) is 9.59 Å². The Hall–Kier alpha value is -4.20. The molecule has 1 aliphatic heterocycles. The van der Waals surface area contributed by atoms with Gasteiger partial charge in [-0.1, -0.05) is 30.3 Å². The highest BCUT2D eigenvalue weighted by Gasteiger charge is 2.19. The van der Waals surface area contributed by atoms with E-state index in [0.29, 0.717) is 34.9 Å². The fourth-order valence-electron chi connectivity index (χ4n) is 3.64. The Morgan fingerprint density at radius 1 is 1.00 bits per heavy atom. The second-order valence-electron chi connectivity index (χ2n) is 7.50. The maximum Gasteiger partial charge on any atom is 0.318 e. The molecule has 0 saturated heterocycles. The van der Waals surface area contributed by atoms with Gasteiger partial charge < -0.3 is 29.1 Å². The minimum absolute atomic E-state index is 0.112. The molecule has 2 aromatic carbocycles. The molecule has 0 radical (unpaired) electrons. The normalized spacial score (nSPS) is 12.1. The van der Waals surface area contributed by atoms with Crippen molar-refractivity contribution >= 4 is 16.9 Å². The van der Waals surface area contributed by atoms with E-state index in [1.807, 2.05) is 36.4 Å². The molecule has 162 valence electrons. The van der Waals surface area contributed by atoms with E-state index in [1.165, 1.54) is 0 Å². The number of urea groups is 1. The van der Waals surface area contributed by atoms with Crippen LogP contribution in [0.3, 0.4) is 0 Å². The summed E-state index contributed by atoms with van der Waals surface area (Å²) in [5, 5.41) is 3.72. The fraction of sp³-hybridized carbons (Fsp3) is 0.167. The molecule has 0 saturated carbocycles. The number of carbonyl (C=O) groups excluding carboxylic acids is 1. The number of amides is 2. The predicted molar refractivity (Wildman–Crippen MR) is 117 cm³/mol. The molecule has 3 heterocycles. The number of rotatable bonds is 6. The molecule has 2 amide bonds. The Labute approximate surface area is 183 Å². The smallest absolute Gasteiger partial charge is 0.318 e. The number of hydrogen-bond acceptors (Lipinski definition) is 5. The summed E-state index contributed by atoms with van der Waals surface area (Å²) in [5.74, 6) is 1.85. The van der Waals surface area contributed by atoms with Crippen LogP contribution in [0.4, 0.5) is 4.79 Å². The molecular weight excluding hydrogens is 410 g/mol. The van der Waals surface area contributed by atoms with Crippen LogP contribution < -0.4 is 20.3 Å². The summed E-state index contributed by atoms with van der Waals surface area (Å²) < 4.78 is 16.2. The van der Waals surface area contributed by atoms with Crippen molar-refractivity contribution < 1.29 is 18.7 Å². The summed E-state index contributed by atoms with van der Waals surface area (Å²) in [5.41, 5.74) is 1.82. The Morgan fingerprint density at radius 2 is 1.81 bits per heavy atom. The Bertz CT molecular complexity index is 1300. The van der Waals surface area contributed by atoms with Crippen LogP contribution in [0, 0.1) is 0 Å². The van der Waals surface area contributed by atoms with Crippen LogP contribution in [0.15, 0.2) is 76.1 Å². The predicted octanol–water partition coefficient (Wildman–Crippen LogP) is 3.76. The Morgan fingerprint density at radius 3 is 2.59 bits per heavy atom. The number of H-pyrrole nitrogens is 1. The monoisotopic (exact) mass is 431 g/mol. The molecule has 8 nitrogen and oxygen atoms in total. The zero-order chi connectivity index (χ0) is 21.9. The van der Waals surface area contributed by atoms with Crippen molar-refractivity contribution in [1.82, 2.24) is 15.2 Å². The van der Waals surface area contributed by atoms with Crippen molar-refractivity contribution in [3.8, 4) is 11.5 Å². The third-order valence-electron chi connectivity index (χ3n) is 5.28. The van der Waals surface area contributed by atoms with Gasteiger partial charge in [-0.05, 0) is 29.8 Å². The van der Waals surface area contributed by atoms with Crippen LogP contribution in [0.2, 0.25) is 0 Å². The molecule has 8 heteroatoms. The zero-order valence-electron chi connectivity index (χ0n) is 17.2. The molecule has 1 aliphatic rings. The maximum absolute atomic E-state index is 13.0. The van der Waals surface area contributed by atoms with E-state index in [0.717, 1.165) is 10.9 Å². The largest absolute Gasteiger partial charge is 0.467 e. The Balaban J connectivity index is 1.40. The number of fused-ring (bicyclic) bond motifs is 2. The van der Waals surface area contributed by atoms with Crippen LogP contribution in [-0.2, 0) is 19.6 Å². The molecule has 5 rings (SSSR count). The van der Waals surface area contributed by atoms with Crippen LogP contribution >= 0.6 is 0 Å². The van der Waals surface area contributed by atoms with Gasteiger partial charge in [-0.2, -0.15) is 0 Å². The quantitative estimate of drug-likeness (QED) is 0.485. The lowest BCUT2D eigenvalue weighted by Gasteiger charge is -2.22. The highest BCUT2D eigenvalue weighted by atomic mass is 16.7. The van der Waals surface area contributed by atoms with Crippen LogP contribution in [0.1, 0.15) is 16.9 Å². The van der Waals surface area contributed by atoms with Crippen molar-refractivity contribution in [3.63, 3.8) is 0 Å². The molecule has 0 spiro atoms. The highest BCUT2D eigenvalue weighted by molar-refractivity contribution is 5.83. The maximum atomic E-state index is 13.0. The molecule has 0 aliphatic carbocycles. The van der Waals surface area contributed by atoms with Gasteiger partial charge in [0, 0.05) is 23.6 Å². The van der Waals surface area contributed by atoms with Gasteiger partial charge in [0.1, 0.15) is 5.76 Å². The molecule has 0 unspecified atom stereocenters. The van der Waals surface area contributed by atoms with Gasteiger partial charge in [-0.25, -0.2) is 4.79 Å². The van der Waals surface area contributed by atoms with Crippen molar-refractivity contribution in [2.75, 3.05) is 6.79 Å². The number of nitrogens with zero attached hydrogens (tertiary/aromatic N) is 1. The van der Waals surface area contributed by atoms with Crippen molar-refractivity contribution in [3.05, 3.63) is 94.2 Å². The lowest BCUT2D eigenvalue weighted by atomic mass is 10.1. The summed E-state index contributed by atoms with van der Waals surface area (Å²) in [7, 11) is 0. The summed E-state index contributed by atoms with van der Waals surface area (Å²) in [6.07, 6.45) is 1.56. The lowest BCUT2D eigenvalue weighted by Crippen LogP contribution is -2.39. The van der Waals surface area contributed by atoms with Gasteiger partial charge in [0.25, 0.3) is 5.56 Å². The molecule has 2 aromatic heterocycles. The van der Waals surface area contributed by atoms with E-state index in [-0.39, 0.29) is 31.5 Å². The van der Waals surface area contributed by atoms with Gasteiger partial charge in [0.2, 0.25) is 6.79 Å². The fourth-order valence-corrected chi connectivity index (χ4v) is 3.64. The summed E-state index contributed by atoms with van der Waals surface area (Å²) in [4.78, 5) is 30.2. The molecule has 0 atom stereocenters. The molecule has 32 heavy (non-hydrogen) atoms. The van der Waals surface area contributed by atoms with E-state index in [2.05, 4.69) is 10.3 Å². The minimum Gasteiger partial charge on any atom is -0.467 e. The van der Waals surface area contributed by atoms with E-state index in [1.54, 1.807) is 35.4 Å². The zero-order valence-corrected chi connectivity index (χ0v) is 17.2. The number of aromatic amines is 1. The van der Waals surface area contributed by atoms with E-state index < -0.39 is 0 Å². The molecular formula is C24H21N3O5. The molecule has 0 bridgehead atoms. The van der Waals surface area contributed by atoms with Crippen molar-refractivity contribution in [2.45, 2.75) is 19.6 Å². The van der Waals surface area contributed by atoms with Gasteiger partial charge in [0.05, 0.1) is 24.9 Å². The number of ether oxygens (including phenoxy) is 2. The van der Waals surface area contributed by atoms with Gasteiger partial charge in [0.15, 0.2) is 11.5 Å². The first-order valence-electron chi connectivity index (χ1n) is 10.2. The van der Waals surface area contributed by atoms with Crippen LogP contribution in [0.25, 0.3) is 10.9 Å². The third kappa shape index (κ3) is 4.15. The standard InChI is InChI=1S/C24H21N3O5/c28-23-18(9-17-10-21-22(32-15-31-21)11-20(17)26-23)13-27(14-19-7-4-8-30-19)24(29)25-12-16-5-2-1-3-6-16/h1-11H,12-15H2,(H,25,29)(H,26,28). The number of hydrogen-bond donors (Lipinski definition) is 2. The number of carbonyl (C=O) groups is 1. The third-order valence-corrected chi connectivity index (χ3v) is 5.28. The average Bonchev–Trinajstić information content (AvgIpc) is 3.48. The molecule has 4 aromatic rings. The highest BCUT2D eigenvalue weighted by Crippen LogP contribution is 2.35. The number of pyridine rings is 1. The SMILES string of the molecule is O=C(NCc1ccccc1)N(Cc1ccco1)Cc1cc2cc3c(cc2[nH]c1=O)OCO3. The second kappa shape index (κ2) is 8.50. The minimum atomic E-state index is -0.296. The summed E-state index contributed by atoms with van der Waals surface area (Å²) in [6.45, 7) is 0.875. The number of benzene rings is 2. The van der Waals surface area contributed by atoms with E-state index in [4.69, 9.17) is 13.9 Å². The average molecular weight is 431 g/mol. The van der Waals surface area contributed by atoms with E-state index >= 15 is 0 Å². The van der Waals surface area contributed by atoms with Crippen LogP contribution in [-0.4, -0.2) is 22.7 Å². The molecule has 2 N–H and O–H groups in total. The van der Waals surface area contributed by atoms with Gasteiger partial charge in [-0.15, -0.1) is 0 Å². The summed E-state index contributed by atoms with van der Waals surface area (Å²) in [6, 6.07) is 18.2. The number of furan rings is 1. The van der Waals surface area contributed by atoms with Crippen molar-refractivity contribution in [1.29, 1.82) is 0 Å². The van der Waals surface area contributed by atoms with Gasteiger partial charge in [-0.3, -0.25) is 4.79 Å². The summed E-state index contributed by atoms with van der Waals surface area (Å²) >= 11 is 0.